The molecule has 1 aromatic heterocycles. The lowest BCUT2D eigenvalue weighted by Crippen LogP contribution is -2.65. The lowest BCUT2D eigenvalue weighted by molar-refractivity contribution is -0.146. The maximum absolute atomic E-state index is 15.0. The van der Waals surface area contributed by atoms with Crippen LogP contribution in [0.15, 0.2) is 17.5 Å². The van der Waals surface area contributed by atoms with E-state index in [2.05, 4.69) is 35.1 Å². The Labute approximate surface area is 331 Å². The molecule has 14 heteroatoms. The van der Waals surface area contributed by atoms with Crippen LogP contribution in [0.3, 0.4) is 0 Å². The Morgan fingerprint density at radius 1 is 0.927 bits per heavy atom. The summed E-state index contributed by atoms with van der Waals surface area (Å²) in [6, 6.07) is 0.371. The normalized spacial score (nSPS) is 26.5. The quantitative estimate of drug-likeness (QED) is 0.186. The van der Waals surface area contributed by atoms with E-state index in [1.807, 2.05) is 24.4 Å². The number of thiophene rings is 1. The van der Waals surface area contributed by atoms with Gasteiger partial charge in [-0.05, 0) is 92.9 Å². The fraction of sp³-hybridized carbons (Fsp3) is 0.780. The highest BCUT2D eigenvalue weighted by Crippen LogP contribution is 2.65. The summed E-state index contributed by atoms with van der Waals surface area (Å²) in [5.74, 6) is -2.20. The Morgan fingerprint density at radius 2 is 1.56 bits per heavy atom. The number of sulfone groups is 1. The minimum atomic E-state index is -3.57. The van der Waals surface area contributed by atoms with Gasteiger partial charge in [-0.25, -0.2) is 13.2 Å². The lowest BCUT2D eigenvalue weighted by Gasteiger charge is -2.44. The molecule has 0 radical (unpaired) electrons. The smallest absolute Gasteiger partial charge is 0.315 e. The molecule has 1 aliphatic heterocycles. The second kappa shape index (κ2) is 15.7. The van der Waals surface area contributed by atoms with Gasteiger partial charge in [-0.2, -0.15) is 0 Å². The number of rotatable bonds is 14. The SMILES string of the molecule is CC1([C@H](NC(=O)NC2(CS(=O)(=O)C(C)(C)C)CCCCC2)C(=O)N2C[C@H]3[C@@H]([C@H]2C(=O)N[C@@H](CC2CC2)C(=O)C(=O)NCc2cccs2)C3(C)C)CCCCC1. The van der Waals surface area contributed by atoms with Crippen molar-refractivity contribution in [1.82, 2.24) is 26.2 Å². The largest absolute Gasteiger partial charge is 0.345 e. The number of fused-ring (bicyclic) bond motifs is 1. The first-order valence-corrected chi connectivity index (χ1v) is 23.1. The molecule has 2 heterocycles. The number of hydrogen-bond donors (Lipinski definition) is 4. The first-order chi connectivity index (χ1) is 25.8. The van der Waals surface area contributed by atoms with Gasteiger partial charge >= 0.3 is 6.03 Å². The molecule has 0 unspecified atom stereocenters. The summed E-state index contributed by atoms with van der Waals surface area (Å²) in [6.45, 7) is 11.8. The van der Waals surface area contributed by atoms with E-state index in [9.17, 15) is 27.6 Å². The zero-order chi connectivity index (χ0) is 40.0. The summed E-state index contributed by atoms with van der Waals surface area (Å²) in [4.78, 5) is 72.8. The molecule has 0 spiro atoms. The van der Waals surface area contributed by atoms with Crippen molar-refractivity contribution in [3.05, 3.63) is 22.4 Å². The van der Waals surface area contributed by atoms with Gasteiger partial charge in [0.05, 0.1) is 28.6 Å². The number of carbonyl (C=O) groups is 5. The van der Waals surface area contributed by atoms with Crippen LogP contribution in [0, 0.1) is 28.6 Å². The molecule has 5 fully saturated rings. The van der Waals surface area contributed by atoms with Gasteiger partial charge in [-0.15, -0.1) is 11.3 Å². The molecule has 0 aromatic carbocycles. The van der Waals surface area contributed by atoms with Gasteiger partial charge in [-0.1, -0.05) is 78.2 Å². The van der Waals surface area contributed by atoms with Crippen LogP contribution in [0.1, 0.15) is 130 Å². The zero-order valence-electron chi connectivity index (χ0n) is 33.6. The van der Waals surface area contributed by atoms with Gasteiger partial charge in [0.15, 0.2) is 9.84 Å². The first kappa shape index (κ1) is 41.6. The molecule has 1 aromatic rings. The molecule has 1 saturated heterocycles. The summed E-state index contributed by atoms with van der Waals surface area (Å²) in [7, 11) is -3.57. The van der Waals surface area contributed by atoms with E-state index in [0.717, 1.165) is 69.1 Å². The second-order valence-electron chi connectivity index (χ2n) is 19.2. The average Bonchev–Trinajstić information content (AvgIpc) is 3.82. The molecule has 306 valence electrons. The van der Waals surface area contributed by atoms with Gasteiger partial charge in [0, 0.05) is 11.4 Å². The number of urea groups is 1. The van der Waals surface area contributed by atoms with Crippen molar-refractivity contribution in [2.24, 2.45) is 28.6 Å². The first-order valence-electron chi connectivity index (χ1n) is 20.5. The molecule has 0 bridgehead atoms. The summed E-state index contributed by atoms with van der Waals surface area (Å²) in [5, 5.41) is 13.7. The van der Waals surface area contributed by atoms with Gasteiger partial charge in [-0.3, -0.25) is 19.2 Å². The van der Waals surface area contributed by atoms with Crippen molar-refractivity contribution in [2.45, 2.75) is 160 Å². The number of Topliss-reactive ketones (excluding diaryl/α,β-unsaturated/α-hetero) is 1. The third-order valence-corrected chi connectivity index (χ3v) is 17.4. The van der Waals surface area contributed by atoms with Crippen LogP contribution < -0.4 is 21.3 Å². The highest BCUT2D eigenvalue weighted by Gasteiger charge is 2.70. The van der Waals surface area contributed by atoms with Crippen LogP contribution in [-0.2, 0) is 35.6 Å². The summed E-state index contributed by atoms with van der Waals surface area (Å²) in [5.41, 5.74) is -1.73. The molecule has 55 heavy (non-hydrogen) atoms. The van der Waals surface area contributed by atoms with E-state index in [1.165, 1.54) is 11.3 Å². The Bertz CT molecular complexity index is 1720. The third kappa shape index (κ3) is 9.10. The van der Waals surface area contributed by atoms with Crippen molar-refractivity contribution in [2.75, 3.05) is 12.3 Å². The van der Waals surface area contributed by atoms with E-state index in [4.69, 9.17) is 0 Å². The maximum Gasteiger partial charge on any atom is 0.315 e. The number of nitrogens with one attached hydrogen (secondary N) is 4. The molecule has 12 nitrogen and oxygen atoms in total. The number of hydrogen-bond acceptors (Lipinski definition) is 8. The Hall–Kier alpha value is -3.00. The molecular formula is C41H63N5O7S2. The van der Waals surface area contributed by atoms with E-state index in [1.54, 1.807) is 25.7 Å². The van der Waals surface area contributed by atoms with E-state index in [-0.39, 0.29) is 41.4 Å². The predicted molar refractivity (Wildman–Crippen MR) is 213 cm³/mol. The van der Waals surface area contributed by atoms with Crippen molar-refractivity contribution < 1.29 is 32.4 Å². The predicted octanol–water partition coefficient (Wildman–Crippen LogP) is 5.26. The number of nitrogens with zero attached hydrogens (tertiary/aromatic N) is 1. The van der Waals surface area contributed by atoms with Crippen molar-refractivity contribution in [1.29, 1.82) is 0 Å². The maximum atomic E-state index is 15.0. The number of likely N-dealkylation sites (tertiary alicyclic amines) is 1. The van der Waals surface area contributed by atoms with E-state index in [0.29, 0.717) is 25.8 Å². The van der Waals surface area contributed by atoms with Crippen LogP contribution in [0.2, 0.25) is 0 Å². The lowest BCUT2D eigenvalue weighted by atomic mass is 9.70. The second-order valence-corrected chi connectivity index (χ2v) is 23.0. The summed E-state index contributed by atoms with van der Waals surface area (Å²) >= 11 is 1.48. The monoisotopic (exact) mass is 801 g/mol. The third-order valence-electron chi connectivity index (χ3n) is 13.7. The summed E-state index contributed by atoms with van der Waals surface area (Å²) in [6.07, 6.45) is 10.1. The molecule has 6 rings (SSSR count). The Morgan fingerprint density at radius 3 is 2.15 bits per heavy atom. The average molecular weight is 802 g/mol. The number of carbonyl (C=O) groups excluding carboxylic acids is 5. The zero-order valence-corrected chi connectivity index (χ0v) is 35.3. The topological polar surface area (TPSA) is 171 Å². The molecule has 4 saturated carbocycles. The van der Waals surface area contributed by atoms with Gasteiger partial charge in [0.1, 0.15) is 12.1 Å². The Kier molecular flexibility index (Phi) is 11.9. The van der Waals surface area contributed by atoms with E-state index < -0.39 is 67.3 Å². The van der Waals surface area contributed by atoms with Crippen molar-refractivity contribution in [3.8, 4) is 0 Å². The minimum absolute atomic E-state index is 0.0700. The van der Waals surface area contributed by atoms with Crippen LogP contribution in [0.25, 0.3) is 0 Å². The van der Waals surface area contributed by atoms with Crippen LogP contribution in [-0.4, -0.2) is 83.6 Å². The van der Waals surface area contributed by atoms with E-state index >= 15 is 4.79 Å². The van der Waals surface area contributed by atoms with Gasteiger partial charge < -0.3 is 26.2 Å². The fourth-order valence-corrected chi connectivity index (χ4v) is 11.9. The van der Waals surface area contributed by atoms with Crippen molar-refractivity contribution >= 4 is 50.7 Å². The highest BCUT2D eigenvalue weighted by atomic mass is 32.2. The summed E-state index contributed by atoms with van der Waals surface area (Å²) < 4.78 is 26.0. The molecule has 5 amide bonds. The standard InChI is InChI=1S/C41H63N5O7S2/c1-38(2,3)55(52,53)25-41(19-11-8-12-20-41)45-37(51)44-33(40(6)17-9-7-10-18-40)36(50)46-24-28-30(39(28,4)5)31(46)34(48)43-29(22-26-15-16-26)32(47)35(49)42-23-27-14-13-21-54-27/h13-14,21,26,28-31,33H,7-12,15-20,22-25H2,1-6H3,(H,42,49)(H,43,48)(H2,44,45,51)/t28-,29-,30-,31-,33+/m0/s1. The fourth-order valence-electron chi connectivity index (χ4n) is 9.68. The number of amides is 5. The molecular weight excluding hydrogens is 739 g/mol. The number of piperidine rings is 1. The highest BCUT2D eigenvalue weighted by molar-refractivity contribution is 7.92. The van der Waals surface area contributed by atoms with Crippen molar-refractivity contribution in [3.63, 3.8) is 0 Å². The molecule has 5 aliphatic rings. The van der Waals surface area contributed by atoms with Crippen LogP contribution in [0.5, 0.6) is 0 Å². The molecule has 4 N–H and O–H groups in total. The number of ketones is 1. The van der Waals surface area contributed by atoms with Gasteiger partial charge in [0.2, 0.25) is 17.6 Å². The minimum Gasteiger partial charge on any atom is -0.345 e. The van der Waals surface area contributed by atoms with Gasteiger partial charge in [0.25, 0.3) is 5.91 Å². The molecule has 4 aliphatic carbocycles. The Balaban J connectivity index is 1.22. The molecule has 5 atom stereocenters. The van der Waals surface area contributed by atoms with Crippen LogP contribution in [0.4, 0.5) is 4.79 Å². The van der Waals surface area contributed by atoms with Crippen LogP contribution >= 0.6 is 11.3 Å².